The van der Waals surface area contributed by atoms with Gasteiger partial charge in [0.1, 0.15) is 12.2 Å². The molecule has 1 N–H and O–H groups in total. The van der Waals surface area contributed by atoms with Gasteiger partial charge in [0.25, 0.3) is 0 Å². The zero-order valence-corrected chi connectivity index (χ0v) is 14.9. The standard InChI is InChI=1S/C18H29NO6/c1-2-24-17(21)11-16(20)13-8-9-19(18(22)23)14(10-13)12-25-15-6-4-3-5-7-15/h13-15H,2-12H2,1H3,(H,22,23). The first kappa shape index (κ1) is 19.7. The summed E-state index contributed by atoms with van der Waals surface area (Å²) in [5, 5.41) is 9.40. The van der Waals surface area contributed by atoms with E-state index < -0.39 is 12.1 Å². The highest BCUT2D eigenvalue weighted by Gasteiger charge is 2.35. The molecule has 2 aliphatic rings. The minimum absolute atomic E-state index is 0.161. The third-order valence-corrected chi connectivity index (χ3v) is 5.12. The molecule has 25 heavy (non-hydrogen) atoms. The molecule has 0 radical (unpaired) electrons. The molecular formula is C18H29NO6. The third kappa shape index (κ3) is 5.99. The Labute approximate surface area is 148 Å². The van der Waals surface area contributed by atoms with Gasteiger partial charge in [-0.2, -0.15) is 0 Å². The van der Waals surface area contributed by atoms with E-state index in [1.54, 1.807) is 6.92 Å². The van der Waals surface area contributed by atoms with Crippen LogP contribution >= 0.6 is 0 Å². The fourth-order valence-electron chi connectivity index (χ4n) is 3.73. The number of piperidine rings is 1. The average molecular weight is 355 g/mol. The molecule has 1 heterocycles. The van der Waals surface area contributed by atoms with Crippen molar-refractivity contribution in [3.05, 3.63) is 0 Å². The molecule has 2 fully saturated rings. The Bertz CT molecular complexity index is 474. The van der Waals surface area contributed by atoms with Crippen LogP contribution in [-0.2, 0) is 19.1 Å². The smallest absolute Gasteiger partial charge is 0.407 e. The average Bonchev–Trinajstić information content (AvgIpc) is 2.60. The van der Waals surface area contributed by atoms with Crippen LogP contribution in [0.5, 0.6) is 0 Å². The van der Waals surface area contributed by atoms with Gasteiger partial charge in [0.2, 0.25) is 0 Å². The predicted molar refractivity (Wildman–Crippen MR) is 90.3 cm³/mol. The minimum Gasteiger partial charge on any atom is -0.466 e. The van der Waals surface area contributed by atoms with E-state index in [2.05, 4.69) is 0 Å². The Morgan fingerprint density at radius 1 is 1.12 bits per heavy atom. The van der Waals surface area contributed by atoms with E-state index in [4.69, 9.17) is 9.47 Å². The van der Waals surface area contributed by atoms with Crippen LogP contribution in [0.1, 0.15) is 58.3 Å². The van der Waals surface area contributed by atoms with Gasteiger partial charge in [0.15, 0.2) is 0 Å². The van der Waals surface area contributed by atoms with Gasteiger partial charge in [-0.15, -0.1) is 0 Å². The zero-order chi connectivity index (χ0) is 18.2. The Hall–Kier alpha value is -1.63. The number of carboxylic acid groups (broad SMARTS) is 1. The number of rotatable bonds is 7. The molecule has 1 saturated carbocycles. The third-order valence-electron chi connectivity index (χ3n) is 5.12. The molecular weight excluding hydrogens is 326 g/mol. The molecule has 0 spiro atoms. The number of esters is 1. The topological polar surface area (TPSA) is 93.1 Å². The maximum Gasteiger partial charge on any atom is 0.407 e. The molecule has 1 saturated heterocycles. The van der Waals surface area contributed by atoms with Crippen LogP contribution in [0, 0.1) is 5.92 Å². The van der Waals surface area contributed by atoms with Crippen LogP contribution in [0.25, 0.3) is 0 Å². The quantitative estimate of drug-likeness (QED) is 0.557. The van der Waals surface area contributed by atoms with Crippen LogP contribution in [0.4, 0.5) is 4.79 Å². The van der Waals surface area contributed by atoms with E-state index >= 15 is 0 Å². The summed E-state index contributed by atoms with van der Waals surface area (Å²) in [6.07, 6.45) is 5.42. The predicted octanol–water partition coefficient (Wildman–Crippen LogP) is 2.62. The molecule has 1 amide bonds. The van der Waals surface area contributed by atoms with Gasteiger partial charge in [-0.25, -0.2) is 4.79 Å². The first-order valence-electron chi connectivity index (χ1n) is 9.30. The molecule has 0 aromatic carbocycles. The molecule has 0 bridgehead atoms. The van der Waals surface area contributed by atoms with Crippen LogP contribution in [-0.4, -0.2) is 59.8 Å². The Balaban J connectivity index is 1.89. The first-order chi connectivity index (χ1) is 12.0. The fraction of sp³-hybridized carbons (Fsp3) is 0.833. The van der Waals surface area contributed by atoms with Crippen molar-refractivity contribution >= 4 is 17.8 Å². The van der Waals surface area contributed by atoms with Crippen molar-refractivity contribution in [3.63, 3.8) is 0 Å². The number of Topliss-reactive ketones (excluding diaryl/α,β-unsaturated/α-hetero) is 1. The SMILES string of the molecule is CCOC(=O)CC(=O)C1CCN(C(=O)O)C(COC2CCCCC2)C1. The van der Waals surface area contributed by atoms with Crippen molar-refractivity contribution in [2.45, 2.75) is 70.4 Å². The summed E-state index contributed by atoms with van der Waals surface area (Å²) in [6.45, 7) is 2.57. The number of carbonyl (C=O) groups excluding carboxylic acids is 2. The van der Waals surface area contributed by atoms with E-state index in [0.717, 1.165) is 25.7 Å². The highest BCUT2D eigenvalue weighted by atomic mass is 16.5. The van der Waals surface area contributed by atoms with Gasteiger partial charge < -0.3 is 19.5 Å². The lowest BCUT2D eigenvalue weighted by Crippen LogP contribution is -2.49. The van der Waals surface area contributed by atoms with E-state index in [9.17, 15) is 19.5 Å². The number of hydrogen-bond donors (Lipinski definition) is 1. The Morgan fingerprint density at radius 2 is 1.84 bits per heavy atom. The lowest BCUT2D eigenvalue weighted by molar-refractivity contribution is -0.146. The molecule has 7 heteroatoms. The van der Waals surface area contributed by atoms with Crippen molar-refractivity contribution in [3.8, 4) is 0 Å². The number of ether oxygens (including phenoxy) is 2. The second kappa shape index (κ2) is 9.75. The Kier molecular flexibility index (Phi) is 7.68. The van der Waals surface area contributed by atoms with Crippen molar-refractivity contribution in [1.29, 1.82) is 0 Å². The monoisotopic (exact) mass is 355 g/mol. The van der Waals surface area contributed by atoms with E-state index in [1.807, 2.05) is 0 Å². The number of hydrogen-bond acceptors (Lipinski definition) is 5. The summed E-state index contributed by atoms with van der Waals surface area (Å²) in [4.78, 5) is 36.7. The molecule has 1 aliphatic carbocycles. The van der Waals surface area contributed by atoms with E-state index in [0.29, 0.717) is 26.0 Å². The van der Waals surface area contributed by atoms with E-state index in [1.165, 1.54) is 11.3 Å². The molecule has 7 nitrogen and oxygen atoms in total. The number of amides is 1. The highest BCUT2D eigenvalue weighted by Crippen LogP contribution is 2.27. The molecule has 1 aliphatic heterocycles. The number of likely N-dealkylation sites (tertiary alicyclic amines) is 1. The normalized spacial score (nSPS) is 24.8. The lowest BCUT2D eigenvalue weighted by Gasteiger charge is -2.38. The first-order valence-corrected chi connectivity index (χ1v) is 9.30. The van der Waals surface area contributed by atoms with Crippen molar-refractivity contribution in [2.24, 2.45) is 5.92 Å². The van der Waals surface area contributed by atoms with Crippen LogP contribution < -0.4 is 0 Å². The summed E-state index contributed by atoms with van der Waals surface area (Å²) in [5.41, 5.74) is 0. The highest BCUT2D eigenvalue weighted by molar-refractivity contribution is 5.96. The minimum atomic E-state index is -0.978. The van der Waals surface area contributed by atoms with E-state index in [-0.39, 0.29) is 36.9 Å². The second-order valence-corrected chi connectivity index (χ2v) is 6.89. The van der Waals surface area contributed by atoms with Gasteiger partial charge in [-0.3, -0.25) is 9.59 Å². The molecule has 0 aromatic rings. The summed E-state index contributed by atoms with van der Waals surface area (Å²) >= 11 is 0. The summed E-state index contributed by atoms with van der Waals surface area (Å²) in [5.74, 6) is -0.978. The number of carbonyl (C=O) groups is 3. The van der Waals surface area contributed by atoms with Gasteiger partial charge in [-0.1, -0.05) is 19.3 Å². The van der Waals surface area contributed by atoms with Crippen molar-refractivity contribution in [2.75, 3.05) is 19.8 Å². The van der Waals surface area contributed by atoms with Crippen LogP contribution in [0.2, 0.25) is 0 Å². The van der Waals surface area contributed by atoms with Gasteiger partial charge >= 0.3 is 12.1 Å². The molecule has 0 aromatic heterocycles. The number of ketones is 1. The summed E-state index contributed by atoms with van der Waals surface area (Å²) < 4.78 is 10.8. The van der Waals surface area contributed by atoms with Crippen molar-refractivity contribution in [1.82, 2.24) is 4.90 Å². The number of nitrogens with zero attached hydrogens (tertiary/aromatic N) is 1. The molecule has 142 valence electrons. The van der Waals surface area contributed by atoms with Gasteiger partial charge in [0.05, 0.1) is 25.4 Å². The zero-order valence-electron chi connectivity index (χ0n) is 14.9. The maximum atomic E-state index is 12.3. The Morgan fingerprint density at radius 3 is 2.48 bits per heavy atom. The summed E-state index contributed by atoms with van der Waals surface area (Å²) in [6, 6.07) is -0.329. The molecule has 2 unspecified atom stereocenters. The van der Waals surface area contributed by atoms with Gasteiger partial charge in [0, 0.05) is 12.5 Å². The largest absolute Gasteiger partial charge is 0.466 e. The molecule has 2 atom stereocenters. The maximum absolute atomic E-state index is 12.3. The summed E-state index contributed by atoms with van der Waals surface area (Å²) in [7, 11) is 0. The lowest BCUT2D eigenvalue weighted by atomic mass is 9.86. The van der Waals surface area contributed by atoms with Crippen LogP contribution in [0.15, 0.2) is 0 Å². The van der Waals surface area contributed by atoms with Crippen LogP contribution in [0.3, 0.4) is 0 Å². The van der Waals surface area contributed by atoms with Crippen molar-refractivity contribution < 1.29 is 29.0 Å². The second-order valence-electron chi connectivity index (χ2n) is 6.89. The van der Waals surface area contributed by atoms with Gasteiger partial charge in [-0.05, 0) is 32.6 Å². The molecule has 2 rings (SSSR count). The fourth-order valence-corrected chi connectivity index (χ4v) is 3.73.